The lowest BCUT2D eigenvalue weighted by atomic mass is 10.1. The summed E-state index contributed by atoms with van der Waals surface area (Å²) in [6.45, 7) is 0. The summed E-state index contributed by atoms with van der Waals surface area (Å²) in [4.78, 5) is 18.4. The highest BCUT2D eigenvalue weighted by atomic mass is 16.5. The molecule has 0 saturated heterocycles. The van der Waals surface area contributed by atoms with E-state index in [1.165, 1.54) is 0 Å². The largest absolute Gasteiger partial charge is 0.494 e. The van der Waals surface area contributed by atoms with E-state index in [1.54, 1.807) is 26.6 Å². The number of methoxy groups -OCH3 is 2. The van der Waals surface area contributed by atoms with Crippen molar-refractivity contribution in [1.82, 2.24) is 19.9 Å². The third-order valence-corrected chi connectivity index (χ3v) is 4.95. The minimum Gasteiger partial charge on any atom is -0.494 e. The molecule has 0 unspecified atom stereocenters. The zero-order valence-corrected chi connectivity index (χ0v) is 17.7. The molecule has 0 fully saturated rings. The Hall–Kier alpha value is -3.80. The maximum absolute atomic E-state index is 5.48. The van der Waals surface area contributed by atoms with Gasteiger partial charge in [-0.15, -0.1) is 0 Å². The summed E-state index contributed by atoms with van der Waals surface area (Å²) < 4.78 is 11.0. The number of ether oxygens (including phenoxy) is 2. The molecule has 31 heavy (non-hydrogen) atoms. The molecule has 0 saturated carbocycles. The summed E-state index contributed by atoms with van der Waals surface area (Å²) in [6.07, 6.45) is 6.10. The fourth-order valence-electron chi connectivity index (χ4n) is 3.40. The Labute approximate surface area is 182 Å². The lowest BCUT2D eigenvalue weighted by Gasteiger charge is -2.11. The van der Waals surface area contributed by atoms with E-state index in [4.69, 9.17) is 19.4 Å². The Morgan fingerprint density at radius 2 is 1.10 bits per heavy atom. The average molecular weight is 412 g/mol. The fourth-order valence-corrected chi connectivity index (χ4v) is 3.40. The second-order valence-corrected chi connectivity index (χ2v) is 6.99. The highest BCUT2D eigenvalue weighted by molar-refractivity contribution is 5.63. The van der Waals surface area contributed by atoms with E-state index in [-0.39, 0.29) is 0 Å². The van der Waals surface area contributed by atoms with Gasteiger partial charge in [-0.1, -0.05) is 12.1 Å². The Morgan fingerprint density at radius 1 is 0.613 bits per heavy atom. The SMILES string of the molecule is COc1ccc(CCCc2ccc(OC)c(-c3ccccn3)n2)nc1-c1ccccn1. The van der Waals surface area contributed by atoms with Gasteiger partial charge in [-0.05, 0) is 67.8 Å². The summed E-state index contributed by atoms with van der Waals surface area (Å²) in [5.41, 5.74) is 5.14. The van der Waals surface area contributed by atoms with Crippen molar-refractivity contribution < 1.29 is 9.47 Å². The lowest BCUT2D eigenvalue weighted by molar-refractivity contribution is 0.414. The Bertz CT molecular complexity index is 1040. The van der Waals surface area contributed by atoms with Crippen molar-refractivity contribution in [2.75, 3.05) is 14.2 Å². The standard InChI is InChI=1S/C25H24N4O2/c1-30-22-14-12-18(28-24(22)20-10-3-5-16-26-20)8-7-9-19-13-15-23(31-2)25(29-19)21-11-4-6-17-27-21/h3-6,10-17H,7-9H2,1-2H3. The predicted octanol–water partition coefficient (Wildman–Crippen LogP) is 4.79. The van der Waals surface area contributed by atoms with Crippen molar-refractivity contribution in [2.24, 2.45) is 0 Å². The van der Waals surface area contributed by atoms with Gasteiger partial charge in [-0.25, -0.2) is 9.97 Å². The molecule has 4 heterocycles. The van der Waals surface area contributed by atoms with Crippen LogP contribution in [0.3, 0.4) is 0 Å². The summed E-state index contributed by atoms with van der Waals surface area (Å²) >= 11 is 0. The third-order valence-electron chi connectivity index (χ3n) is 4.95. The summed E-state index contributed by atoms with van der Waals surface area (Å²) in [6, 6.07) is 19.5. The molecule has 156 valence electrons. The molecule has 0 aliphatic carbocycles. The van der Waals surface area contributed by atoms with Crippen LogP contribution in [0.5, 0.6) is 11.5 Å². The van der Waals surface area contributed by atoms with Crippen molar-refractivity contribution in [2.45, 2.75) is 19.3 Å². The summed E-state index contributed by atoms with van der Waals surface area (Å²) in [5.74, 6) is 1.44. The number of aryl methyl sites for hydroxylation is 2. The number of aromatic nitrogens is 4. The maximum Gasteiger partial charge on any atom is 0.146 e. The van der Waals surface area contributed by atoms with Crippen molar-refractivity contribution in [1.29, 1.82) is 0 Å². The Kier molecular flexibility index (Phi) is 6.47. The van der Waals surface area contributed by atoms with Gasteiger partial charge < -0.3 is 9.47 Å². The number of nitrogens with zero attached hydrogens (tertiary/aromatic N) is 4. The number of pyridine rings is 4. The second kappa shape index (κ2) is 9.80. The molecule has 0 atom stereocenters. The molecular formula is C25H24N4O2. The van der Waals surface area contributed by atoms with Crippen molar-refractivity contribution in [3.8, 4) is 34.3 Å². The monoisotopic (exact) mass is 412 g/mol. The van der Waals surface area contributed by atoms with E-state index < -0.39 is 0 Å². The van der Waals surface area contributed by atoms with Gasteiger partial charge in [0.05, 0.1) is 25.6 Å². The molecule has 0 radical (unpaired) electrons. The van der Waals surface area contributed by atoms with Crippen LogP contribution in [0.15, 0.2) is 73.1 Å². The van der Waals surface area contributed by atoms with Crippen LogP contribution in [0.1, 0.15) is 17.8 Å². The molecule has 4 aromatic rings. The van der Waals surface area contributed by atoms with E-state index in [9.17, 15) is 0 Å². The van der Waals surface area contributed by atoms with Gasteiger partial charge in [0.1, 0.15) is 22.9 Å². The van der Waals surface area contributed by atoms with Gasteiger partial charge in [0, 0.05) is 23.8 Å². The maximum atomic E-state index is 5.48. The fraction of sp³-hybridized carbons (Fsp3) is 0.200. The van der Waals surface area contributed by atoms with Crippen LogP contribution in [0.4, 0.5) is 0 Å². The minimum absolute atomic E-state index is 0.722. The molecule has 6 heteroatoms. The number of rotatable bonds is 8. The Balaban J connectivity index is 1.49. The number of hydrogen-bond donors (Lipinski definition) is 0. The molecule has 0 bridgehead atoms. The van der Waals surface area contributed by atoms with E-state index in [0.717, 1.165) is 64.9 Å². The van der Waals surface area contributed by atoms with Crippen LogP contribution < -0.4 is 9.47 Å². The van der Waals surface area contributed by atoms with Crippen molar-refractivity contribution >= 4 is 0 Å². The smallest absolute Gasteiger partial charge is 0.146 e. The average Bonchev–Trinajstić information content (AvgIpc) is 2.85. The van der Waals surface area contributed by atoms with E-state index >= 15 is 0 Å². The third kappa shape index (κ3) is 4.86. The molecular weight excluding hydrogens is 388 g/mol. The molecule has 0 aliphatic rings. The van der Waals surface area contributed by atoms with E-state index in [1.807, 2.05) is 60.7 Å². The molecule has 0 aliphatic heterocycles. The van der Waals surface area contributed by atoms with Crippen molar-refractivity contribution in [3.05, 3.63) is 84.4 Å². The molecule has 6 nitrogen and oxygen atoms in total. The first-order valence-corrected chi connectivity index (χ1v) is 10.2. The zero-order chi connectivity index (χ0) is 21.5. The predicted molar refractivity (Wildman–Crippen MR) is 120 cm³/mol. The van der Waals surface area contributed by atoms with Gasteiger partial charge in [-0.2, -0.15) is 0 Å². The molecule has 0 N–H and O–H groups in total. The summed E-state index contributed by atoms with van der Waals surface area (Å²) in [7, 11) is 3.30. The van der Waals surface area contributed by atoms with E-state index in [0.29, 0.717) is 0 Å². The van der Waals surface area contributed by atoms with Crippen LogP contribution in [-0.4, -0.2) is 34.2 Å². The van der Waals surface area contributed by atoms with Gasteiger partial charge in [0.2, 0.25) is 0 Å². The summed E-state index contributed by atoms with van der Waals surface area (Å²) in [5, 5.41) is 0. The Morgan fingerprint density at radius 3 is 1.48 bits per heavy atom. The van der Waals surface area contributed by atoms with Gasteiger partial charge >= 0.3 is 0 Å². The highest BCUT2D eigenvalue weighted by Gasteiger charge is 2.12. The van der Waals surface area contributed by atoms with Crippen LogP contribution in [0, 0.1) is 0 Å². The lowest BCUT2D eigenvalue weighted by Crippen LogP contribution is -2.00. The van der Waals surface area contributed by atoms with E-state index in [2.05, 4.69) is 9.97 Å². The van der Waals surface area contributed by atoms with Gasteiger partial charge in [-0.3, -0.25) is 9.97 Å². The second-order valence-electron chi connectivity index (χ2n) is 6.99. The normalized spacial score (nSPS) is 10.6. The topological polar surface area (TPSA) is 70.0 Å². The van der Waals surface area contributed by atoms with Crippen LogP contribution >= 0.6 is 0 Å². The quantitative estimate of drug-likeness (QED) is 0.414. The highest BCUT2D eigenvalue weighted by Crippen LogP contribution is 2.28. The van der Waals surface area contributed by atoms with Crippen LogP contribution in [0.2, 0.25) is 0 Å². The minimum atomic E-state index is 0.722. The van der Waals surface area contributed by atoms with Crippen LogP contribution in [-0.2, 0) is 12.8 Å². The van der Waals surface area contributed by atoms with Crippen LogP contribution in [0.25, 0.3) is 22.8 Å². The first kappa shape index (κ1) is 20.5. The molecule has 4 aromatic heterocycles. The molecule has 4 rings (SSSR count). The molecule has 0 aromatic carbocycles. The first-order chi connectivity index (χ1) is 15.3. The molecule has 0 spiro atoms. The van der Waals surface area contributed by atoms with Gasteiger partial charge in [0.15, 0.2) is 0 Å². The van der Waals surface area contributed by atoms with Crippen molar-refractivity contribution in [3.63, 3.8) is 0 Å². The number of hydrogen-bond acceptors (Lipinski definition) is 6. The zero-order valence-electron chi connectivity index (χ0n) is 17.7. The van der Waals surface area contributed by atoms with Gasteiger partial charge in [0.25, 0.3) is 0 Å². The molecule has 0 amide bonds. The first-order valence-electron chi connectivity index (χ1n) is 10.2.